The maximum atomic E-state index is 12.1. The summed E-state index contributed by atoms with van der Waals surface area (Å²) in [5, 5.41) is 13.6. The lowest BCUT2D eigenvalue weighted by Crippen LogP contribution is -2.47. The van der Waals surface area contributed by atoms with Crippen molar-refractivity contribution in [2.24, 2.45) is 0 Å². The molecule has 0 aromatic rings. The zero-order valence-electron chi connectivity index (χ0n) is 13.4. The van der Waals surface area contributed by atoms with E-state index >= 15 is 0 Å². The average molecular weight is 294 g/mol. The Balaban J connectivity index is 1.70. The summed E-state index contributed by atoms with van der Waals surface area (Å²) in [4.78, 5) is 14.5. The van der Waals surface area contributed by atoms with Gasteiger partial charge in [-0.1, -0.05) is 31.4 Å². The third kappa shape index (κ3) is 5.44. The summed E-state index contributed by atoms with van der Waals surface area (Å²) in [5.74, 6) is 0.0257. The lowest BCUT2D eigenvalue weighted by molar-refractivity contribution is -0.128. The van der Waals surface area contributed by atoms with Crippen molar-refractivity contribution in [2.75, 3.05) is 19.6 Å². The van der Waals surface area contributed by atoms with Gasteiger partial charge < -0.3 is 10.4 Å². The fourth-order valence-electron chi connectivity index (χ4n) is 3.58. The van der Waals surface area contributed by atoms with Crippen molar-refractivity contribution in [3.8, 4) is 0 Å². The standard InChI is InChI=1S/C17H30N2O2/c1-14(2)13-19-10-6-15(7-11-19)18-16(20)12-17(21)8-4-3-5-9-17/h15,21H,1,3-13H2,2H3,(H,18,20). The summed E-state index contributed by atoms with van der Waals surface area (Å²) < 4.78 is 0. The molecule has 1 aliphatic heterocycles. The van der Waals surface area contributed by atoms with Crippen molar-refractivity contribution >= 4 is 5.91 Å². The highest BCUT2D eigenvalue weighted by atomic mass is 16.3. The molecule has 21 heavy (non-hydrogen) atoms. The fraction of sp³-hybridized carbons (Fsp3) is 0.824. The second-order valence-electron chi connectivity index (χ2n) is 7.04. The van der Waals surface area contributed by atoms with Gasteiger partial charge in [-0.05, 0) is 32.6 Å². The Morgan fingerprint density at radius 1 is 1.29 bits per heavy atom. The van der Waals surface area contributed by atoms with Crippen LogP contribution in [-0.2, 0) is 4.79 Å². The van der Waals surface area contributed by atoms with Gasteiger partial charge >= 0.3 is 0 Å². The van der Waals surface area contributed by atoms with Crippen LogP contribution in [0.4, 0.5) is 0 Å². The Kier molecular flexibility index (Phi) is 5.82. The van der Waals surface area contributed by atoms with Crippen LogP contribution in [0.1, 0.15) is 58.3 Å². The van der Waals surface area contributed by atoms with E-state index in [1.54, 1.807) is 0 Å². The average Bonchev–Trinajstić information content (AvgIpc) is 2.40. The molecule has 4 heteroatoms. The van der Waals surface area contributed by atoms with Crippen LogP contribution in [0, 0.1) is 0 Å². The minimum absolute atomic E-state index is 0.0257. The van der Waals surface area contributed by atoms with E-state index < -0.39 is 5.60 Å². The van der Waals surface area contributed by atoms with Crippen LogP contribution in [0.25, 0.3) is 0 Å². The molecule has 0 spiro atoms. The number of piperidine rings is 1. The van der Waals surface area contributed by atoms with Crippen LogP contribution < -0.4 is 5.32 Å². The van der Waals surface area contributed by atoms with Crippen LogP contribution >= 0.6 is 0 Å². The molecule has 1 saturated carbocycles. The zero-order valence-corrected chi connectivity index (χ0v) is 13.4. The van der Waals surface area contributed by atoms with Crippen molar-refractivity contribution in [1.82, 2.24) is 10.2 Å². The summed E-state index contributed by atoms with van der Waals surface area (Å²) in [6.45, 7) is 9.00. The van der Waals surface area contributed by atoms with E-state index in [0.29, 0.717) is 0 Å². The number of nitrogens with one attached hydrogen (secondary N) is 1. The fourth-order valence-corrected chi connectivity index (χ4v) is 3.58. The number of hydrogen-bond donors (Lipinski definition) is 2. The minimum Gasteiger partial charge on any atom is -0.389 e. The lowest BCUT2D eigenvalue weighted by Gasteiger charge is -2.34. The highest BCUT2D eigenvalue weighted by Crippen LogP contribution is 2.30. The molecule has 0 unspecified atom stereocenters. The molecule has 0 aromatic heterocycles. The molecule has 0 aromatic carbocycles. The van der Waals surface area contributed by atoms with E-state index in [9.17, 15) is 9.90 Å². The molecule has 120 valence electrons. The Morgan fingerprint density at radius 2 is 1.90 bits per heavy atom. The number of amides is 1. The third-order valence-electron chi connectivity index (χ3n) is 4.72. The van der Waals surface area contributed by atoms with Crippen molar-refractivity contribution in [2.45, 2.75) is 69.9 Å². The monoisotopic (exact) mass is 294 g/mol. The van der Waals surface area contributed by atoms with Crippen LogP contribution in [0.2, 0.25) is 0 Å². The Morgan fingerprint density at radius 3 is 2.48 bits per heavy atom. The number of aliphatic hydroxyl groups is 1. The number of nitrogens with zero attached hydrogens (tertiary/aromatic N) is 1. The Labute approximate surface area is 128 Å². The molecule has 0 atom stereocenters. The maximum Gasteiger partial charge on any atom is 0.223 e. The van der Waals surface area contributed by atoms with Crippen LogP contribution in [0.15, 0.2) is 12.2 Å². The van der Waals surface area contributed by atoms with Crippen molar-refractivity contribution in [1.29, 1.82) is 0 Å². The van der Waals surface area contributed by atoms with E-state index in [4.69, 9.17) is 0 Å². The number of carbonyl (C=O) groups is 1. The highest BCUT2D eigenvalue weighted by molar-refractivity contribution is 5.77. The first kappa shape index (κ1) is 16.5. The van der Waals surface area contributed by atoms with Gasteiger partial charge in [-0.25, -0.2) is 0 Å². The van der Waals surface area contributed by atoms with Crippen molar-refractivity contribution < 1.29 is 9.90 Å². The largest absolute Gasteiger partial charge is 0.389 e. The van der Waals surface area contributed by atoms with Crippen molar-refractivity contribution in [3.05, 3.63) is 12.2 Å². The summed E-state index contributed by atoms with van der Waals surface area (Å²) in [6.07, 6.45) is 7.10. The molecule has 2 rings (SSSR count). The van der Waals surface area contributed by atoms with Crippen molar-refractivity contribution in [3.63, 3.8) is 0 Å². The maximum absolute atomic E-state index is 12.1. The molecular formula is C17H30N2O2. The topological polar surface area (TPSA) is 52.6 Å². The van der Waals surface area contributed by atoms with Crippen LogP contribution in [0.3, 0.4) is 0 Å². The molecule has 0 radical (unpaired) electrons. The normalized spacial score (nSPS) is 23.7. The molecule has 2 aliphatic rings. The molecule has 1 saturated heterocycles. The Bertz CT molecular complexity index is 367. The zero-order chi connectivity index (χ0) is 15.3. The predicted molar refractivity (Wildman–Crippen MR) is 85.1 cm³/mol. The molecular weight excluding hydrogens is 264 g/mol. The lowest BCUT2D eigenvalue weighted by atomic mass is 9.82. The van der Waals surface area contributed by atoms with E-state index in [0.717, 1.165) is 58.2 Å². The predicted octanol–water partition coefficient (Wildman–Crippen LogP) is 2.23. The van der Waals surface area contributed by atoms with Crippen LogP contribution in [0.5, 0.6) is 0 Å². The van der Waals surface area contributed by atoms with Gasteiger partial charge in [-0.15, -0.1) is 0 Å². The summed E-state index contributed by atoms with van der Waals surface area (Å²) in [7, 11) is 0. The Hall–Kier alpha value is -0.870. The van der Waals surface area contributed by atoms with Gasteiger partial charge in [0.25, 0.3) is 0 Å². The van der Waals surface area contributed by atoms with Gasteiger partial charge in [-0.2, -0.15) is 0 Å². The quantitative estimate of drug-likeness (QED) is 0.765. The summed E-state index contributed by atoms with van der Waals surface area (Å²) in [6, 6.07) is 0.270. The highest BCUT2D eigenvalue weighted by Gasteiger charge is 2.32. The van der Waals surface area contributed by atoms with Crippen LogP contribution in [-0.4, -0.2) is 47.2 Å². The molecule has 0 bridgehead atoms. The van der Waals surface area contributed by atoms with E-state index in [1.807, 2.05) is 0 Å². The molecule has 1 heterocycles. The molecule has 1 amide bonds. The molecule has 4 nitrogen and oxygen atoms in total. The van der Waals surface area contributed by atoms with E-state index in [-0.39, 0.29) is 18.4 Å². The molecule has 2 fully saturated rings. The number of carbonyl (C=O) groups excluding carboxylic acids is 1. The summed E-state index contributed by atoms with van der Waals surface area (Å²) >= 11 is 0. The van der Waals surface area contributed by atoms with Gasteiger partial charge in [0.15, 0.2) is 0 Å². The van der Waals surface area contributed by atoms with E-state index in [1.165, 1.54) is 12.0 Å². The minimum atomic E-state index is -0.747. The van der Waals surface area contributed by atoms with Gasteiger partial charge in [0.1, 0.15) is 0 Å². The SMILES string of the molecule is C=C(C)CN1CCC(NC(=O)CC2(O)CCCCC2)CC1. The second-order valence-corrected chi connectivity index (χ2v) is 7.04. The van der Waals surface area contributed by atoms with Gasteiger partial charge in [-0.3, -0.25) is 9.69 Å². The van der Waals surface area contributed by atoms with Gasteiger partial charge in [0, 0.05) is 25.7 Å². The smallest absolute Gasteiger partial charge is 0.223 e. The number of hydrogen-bond acceptors (Lipinski definition) is 3. The van der Waals surface area contributed by atoms with E-state index in [2.05, 4.69) is 23.7 Å². The summed E-state index contributed by atoms with van der Waals surface area (Å²) in [5.41, 5.74) is 0.445. The number of rotatable bonds is 5. The first-order chi connectivity index (χ1) is 9.97. The van der Waals surface area contributed by atoms with Gasteiger partial charge in [0.2, 0.25) is 5.91 Å². The second kappa shape index (κ2) is 7.41. The first-order valence-corrected chi connectivity index (χ1v) is 8.35. The molecule has 2 N–H and O–H groups in total. The molecule has 1 aliphatic carbocycles. The third-order valence-corrected chi connectivity index (χ3v) is 4.72. The van der Waals surface area contributed by atoms with Gasteiger partial charge in [0.05, 0.1) is 12.0 Å². The first-order valence-electron chi connectivity index (χ1n) is 8.35. The number of likely N-dealkylation sites (tertiary alicyclic amines) is 1.